The summed E-state index contributed by atoms with van der Waals surface area (Å²) < 4.78 is 0. The third-order valence-corrected chi connectivity index (χ3v) is 3.55. The van der Waals surface area contributed by atoms with Gasteiger partial charge in [-0.1, -0.05) is 43.7 Å². The zero-order chi connectivity index (χ0) is 11.4. The van der Waals surface area contributed by atoms with E-state index >= 15 is 0 Å². The molecule has 1 saturated carbocycles. The van der Waals surface area contributed by atoms with Crippen LogP contribution >= 0.6 is 0 Å². The van der Waals surface area contributed by atoms with Gasteiger partial charge in [-0.3, -0.25) is 0 Å². The van der Waals surface area contributed by atoms with E-state index < -0.39 is 0 Å². The molecular formula is C15H23N. The van der Waals surface area contributed by atoms with Crippen LogP contribution in [0.25, 0.3) is 0 Å². The van der Waals surface area contributed by atoms with Crippen molar-refractivity contribution in [3.63, 3.8) is 0 Å². The Morgan fingerprint density at radius 1 is 1.25 bits per heavy atom. The summed E-state index contributed by atoms with van der Waals surface area (Å²) in [6, 6.07) is 12.0. The third-order valence-electron chi connectivity index (χ3n) is 3.55. The highest BCUT2D eigenvalue weighted by Gasteiger charge is 2.31. The fraction of sp³-hybridized carbons (Fsp3) is 0.600. The van der Waals surface area contributed by atoms with Crippen molar-refractivity contribution in [1.82, 2.24) is 5.32 Å². The van der Waals surface area contributed by atoms with Crippen LogP contribution in [-0.4, -0.2) is 6.04 Å². The van der Waals surface area contributed by atoms with Gasteiger partial charge in [-0.25, -0.2) is 0 Å². The molecule has 88 valence electrons. The van der Waals surface area contributed by atoms with Crippen molar-refractivity contribution in [3.8, 4) is 0 Å². The Kier molecular flexibility index (Phi) is 4.00. The largest absolute Gasteiger partial charge is 0.307 e. The summed E-state index contributed by atoms with van der Waals surface area (Å²) in [5.41, 5.74) is 1.41. The van der Waals surface area contributed by atoms with E-state index in [1.54, 1.807) is 0 Å². The fourth-order valence-corrected chi connectivity index (χ4v) is 2.42. The quantitative estimate of drug-likeness (QED) is 0.761. The van der Waals surface area contributed by atoms with Crippen LogP contribution in [0.1, 0.15) is 51.1 Å². The molecule has 16 heavy (non-hydrogen) atoms. The third kappa shape index (κ3) is 3.08. The van der Waals surface area contributed by atoms with Crippen LogP contribution < -0.4 is 5.32 Å². The Morgan fingerprint density at radius 3 is 2.50 bits per heavy atom. The molecule has 1 aromatic rings. The minimum atomic E-state index is 0.485. The summed E-state index contributed by atoms with van der Waals surface area (Å²) >= 11 is 0. The first kappa shape index (κ1) is 11.7. The van der Waals surface area contributed by atoms with Crippen molar-refractivity contribution in [2.75, 3.05) is 0 Å². The van der Waals surface area contributed by atoms with Gasteiger partial charge in [0.15, 0.2) is 0 Å². The number of hydrogen-bond acceptors (Lipinski definition) is 1. The minimum Gasteiger partial charge on any atom is -0.307 e. The molecule has 0 amide bonds. The van der Waals surface area contributed by atoms with E-state index in [1.807, 2.05) is 0 Å². The van der Waals surface area contributed by atoms with Gasteiger partial charge in [-0.15, -0.1) is 0 Å². The van der Waals surface area contributed by atoms with E-state index in [0.717, 1.165) is 12.0 Å². The van der Waals surface area contributed by atoms with Crippen molar-refractivity contribution in [3.05, 3.63) is 35.9 Å². The molecular weight excluding hydrogens is 194 g/mol. The molecule has 1 aliphatic rings. The lowest BCUT2D eigenvalue weighted by molar-refractivity contribution is 0.390. The normalized spacial score (nSPS) is 19.4. The molecule has 0 bridgehead atoms. The van der Waals surface area contributed by atoms with E-state index in [9.17, 15) is 0 Å². The Labute approximate surface area is 99.3 Å². The van der Waals surface area contributed by atoms with Crippen molar-refractivity contribution in [2.45, 2.75) is 51.6 Å². The second kappa shape index (κ2) is 5.49. The predicted octanol–water partition coefficient (Wildman–Crippen LogP) is 3.92. The molecule has 0 aromatic heterocycles. The highest BCUT2D eigenvalue weighted by molar-refractivity contribution is 5.18. The van der Waals surface area contributed by atoms with Crippen LogP contribution in [0.4, 0.5) is 0 Å². The summed E-state index contributed by atoms with van der Waals surface area (Å²) in [5.74, 6) is 0.950. The van der Waals surface area contributed by atoms with Crippen LogP contribution in [0.3, 0.4) is 0 Å². The van der Waals surface area contributed by atoms with E-state index in [2.05, 4.69) is 49.5 Å². The first-order valence-corrected chi connectivity index (χ1v) is 6.62. The molecule has 1 N–H and O–H groups in total. The van der Waals surface area contributed by atoms with Crippen LogP contribution in [0.15, 0.2) is 30.3 Å². The van der Waals surface area contributed by atoms with Crippen LogP contribution in [-0.2, 0) is 0 Å². The number of benzene rings is 1. The highest BCUT2D eigenvalue weighted by Crippen LogP contribution is 2.35. The lowest BCUT2D eigenvalue weighted by Gasteiger charge is -2.23. The maximum atomic E-state index is 3.80. The SMILES string of the molecule is CCCC(N[C@H](C)c1ccccc1)C1CC1. The predicted molar refractivity (Wildman–Crippen MR) is 69.4 cm³/mol. The van der Waals surface area contributed by atoms with Gasteiger partial charge in [0.2, 0.25) is 0 Å². The van der Waals surface area contributed by atoms with Gasteiger partial charge in [-0.05, 0) is 37.7 Å². The monoisotopic (exact) mass is 217 g/mol. The Hall–Kier alpha value is -0.820. The van der Waals surface area contributed by atoms with Crippen LogP contribution in [0, 0.1) is 5.92 Å². The lowest BCUT2D eigenvalue weighted by Crippen LogP contribution is -2.33. The Balaban J connectivity index is 1.92. The molecule has 1 aromatic carbocycles. The molecule has 1 aliphatic carbocycles. The zero-order valence-electron chi connectivity index (χ0n) is 10.4. The fourth-order valence-electron chi connectivity index (χ4n) is 2.42. The first-order valence-electron chi connectivity index (χ1n) is 6.62. The maximum absolute atomic E-state index is 3.80. The van der Waals surface area contributed by atoms with Crippen molar-refractivity contribution in [1.29, 1.82) is 0 Å². The number of rotatable bonds is 6. The molecule has 0 saturated heterocycles. The van der Waals surface area contributed by atoms with E-state index in [4.69, 9.17) is 0 Å². The van der Waals surface area contributed by atoms with Gasteiger partial charge in [0.1, 0.15) is 0 Å². The van der Waals surface area contributed by atoms with Crippen molar-refractivity contribution >= 4 is 0 Å². The second-order valence-corrected chi connectivity index (χ2v) is 5.03. The van der Waals surface area contributed by atoms with Crippen LogP contribution in [0.5, 0.6) is 0 Å². The average molecular weight is 217 g/mol. The molecule has 2 rings (SSSR count). The summed E-state index contributed by atoms with van der Waals surface area (Å²) in [6.07, 6.45) is 5.47. The topological polar surface area (TPSA) is 12.0 Å². The molecule has 0 heterocycles. The second-order valence-electron chi connectivity index (χ2n) is 5.03. The summed E-state index contributed by atoms with van der Waals surface area (Å²) in [4.78, 5) is 0. The smallest absolute Gasteiger partial charge is 0.0294 e. The molecule has 1 nitrogen and oxygen atoms in total. The molecule has 1 unspecified atom stereocenters. The van der Waals surface area contributed by atoms with Gasteiger partial charge < -0.3 is 5.32 Å². The highest BCUT2D eigenvalue weighted by atomic mass is 15.0. The summed E-state index contributed by atoms with van der Waals surface area (Å²) in [6.45, 7) is 4.56. The van der Waals surface area contributed by atoms with Crippen molar-refractivity contribution < 1.29 is 0 Å². The van der Waals surface area contributed by atoms with E-state index in [1.165, 1.54) is 31.2 Å². The molecule has 0 aliphatic heterocycles. The molecule has 1 fully saturated rings. The molecule has 0 spiro atoms. The van der Waals surface area contributed by atoms with Gasteiger partial charge in [0.05, 0.1) is 0 Å². The average Bonchev–Trinajstić information content (AvgIpc) is 3.13. The van der Waals surface area contributed by atoms with E-state index in [0.29, 0.717) is 6.04 Å². The molecule has 0 radical (unpaired) electrons. The number of hydrogen-bond donors (Lipinski definition) is 1. The molecule has 1 heteroatoms. The lowest BCUT2D eigenvalue weighted by atomic mass is 10.0. The Bertz CT molecular complexity index is 302. The van der Waals surface area contributed by atoms with Crippen molar-refractivity contribution in [2.24, 2.45) is 5.92 Å². The number of nitrogens with one attached hydrogen (secondary N) is 1. The van der Waals surface area contributed by atoms with Gasteiger partial charge in [0.25, 0.3) is 0 Å². The molecule has 2 atom stereocenters. The summed E-state index contributed by atoms with van der Waals surface area (Å²) in [7, 11) is 0. The maximum Gasteiger partial charge on any atom is 0.0294 e. The minimum absolute atomic E-state index is 0.485. The van der Waals surface area contributed by atoms with Gasteiger partial charge in [-0.2, -0.15) is 0 Å². The summed E-state index contributed by atoms with van der Waals surface area (Å²) in [5, 5.41) is 3.80. The van der Waals surface area contributed by atoms with Gasteiger partial charge in [0, 0.05) is 12.1 Å². The Morgan fingerprint density at radius 2 is 1.94 bits per heavy atom. The van der Waals surface area contributed by atoms with Crippen LogP contribution in [0.2, 0.25) is 0 Å². The standard InChI is InChI=1S/C15H23N/c1-3-7-15(14-10-11-14)16-12(2)13-8-5-4-6-9-13/h4-6,8-9,12,14-16H,3,7,10-11H2,1-2H3/t12-,15?/m1/s1. The zero-order valence-corrected chi connectivity index (χ0v) is 10.4. The van der Waals surface area contributed by atoms with E-state index in [-0.39, 0.29) is 0 Å². The first-order chi connectivity index (χ1) is 7.81. The van der Waals surface area contributed by atoms with Gasteiger partial charge >= 0.3 is 0 Å².